The van der Waals surface area contributed by atoms with Crippen molar-refractivity contribution in [2.45, 2.75) is 70.3 Å². The molecule has 1 heterocycles. The Morgan fingerprint density at radius 2 is 2.06 bits per heavy atom. The summed E-state index contributed by atoms with van der Waals surface area (Å²) in [4.78, 5) is 12.5. The van der Waals surface area contributed by atoms with E-state index >= 15 is 0 Å². The predicted octanol–water partition coefficient (Wildman–Crippen LogP) is 3.06. The van der Waals surface area contributed by atoms with E-state index in [-0.39, 0.29) is 5.54 Å². The molecule has 0 aromatic heterocycles. The molecule has 0 bridgehead atoms. The summed E-state index contributed by atoms with van der Waals surface area (Å²) in [5.74, 6) is 1.21. The molecule has 1 aliphatic carbocycles. The van der Waals surface area contributed by atoms with Crippen molar-refractivity contribution >= 4 is 5.78 Å². The Balaban J connectivity index is 1.93. The Labute approximate surface area is 99.2 Å². The molecule has 2 rings (SSSR count). The number of hydrogen-bond donors (Lipinski definition) is 1. The summed E-state index contributed by atoms with van der Waals surface area (Å²) in [6.07, 6.45) is 10.5. The van der Waals surface area contributed by atoms with E-state index in [0.717, 1.165) is 32.2 Å². The van der Waals surface area contributed by atoms with Crippen LogP contribution in [0.5, 0.6) is 0 Å². The third-order valence-corrected chi connectivity index (χ3v) is 4.40. The number of nitrogens with one attached hydrogen (secondary N) is 1. The van der Waals surface area contributed by atoms with E-state index in [0.29, 0.717) is 11.7 Å². The highest BCUT2D eigenvalue weighted by molar-refractivity contribution is 5.89. The van der Waals surface area contributed by atoms with E-state index in [1.54, 1.807) is 0 Å². The fourth-order valence-electron chi connectivity index (χ4n) is 3.50. The van der Waals surface area contributed by atoms with Crippen LogP contribution in [-0.4, -0.2) is 17.9 Å². The maximum absolute atomic E-state index is 12.5. The summed E-state index contributed by atoms with van der Waals surface area (Å²) in [7, 11) is 0. The molecule has 2 heteroatoms. The van der Waals surface area contributed by atoms with Crippen LogP contribution in [0.1, 0.15) is 64.7 Å². The number of carbonyl (C=O) groups is 1. The zero-order chi connectivity index (χ0) is 11.4. The van der Waals surface area contributed by atoms with Gasteiger partial charge in [0.05, 0.1) is 5.54 Å². The SMILES string of the molecule is CCCC1(C(=O)CC2CCCC2)CCCN1. The van der Waals surface area contributed by atoms with Crippen molar-refractivity contribution in [2.75, 3.05) is 6.54 Å². The van der Waals surface area contributed by atoms with Crippen LogP contribution >= 0.6 is 0 Å². The summed E-state index contributed by atoms with van der Waals surface area (Å²) in [6, 6.07) is 0. The minimum atomic E-state index is -0.128. The molecule has 1 atom stereocenters. The second kappa shape index (κ2) is 5.31. The largest absolute Gasteiger partial charge is 0.305 e. The number of carbonyl (C=O) groups excluding carboxylic acids is 1. The summed E-state index contributed by atoms with van der Waals surface area (Å²) >= 11 is 0. The lowest BCUT2D eigenvalue weighted by atomic mass is 9.82. The Morgan fingerprint density at radius 3 is 2.62 bits per heavy atom. The average Bonchev–Trinajstić information content (AvgIpc) is 2.89. The van der Waals surface area contributed by atoms with Crippen molar-refractivity contribution in [1.82, 2.24) is 5.32 Å². The van der Waals surface area contributed by atoms with Gasteiger partial charge in [0.15, 0.2) is 5.78 Å². The molecule has 92 valence electrons. The molecule has 1 unspecified atom stereocenters. The van der Waals surface area contributed by atoms with Crippen molar-refractivity contribution in [3.8, 4) is 0 Å². The Morgan fingerprint density at radius 1 is 1.31 bits per heavy atom. The highest BCUT2D eigenvalue weighted by Gasteiger charge is 2.40. The molecule has 0 amide bonds. The number of ketones is 1. The van der Waals surface area contributed by atoms with Gasteiger partial charge in [-0.05, 0) is 31.7 Å². The van der Waals surface area contributed by atoms with E-state index in [4.69, 9.17) is 0 Å². The maximum atomic E-state index is 12.5. The predicted molar refractivity (Wildman–Crippen MR) is 66.5 cm³/mol. The Hall–Kier alpha value is -0.370. The van der Waals surface area contributed by atoms with Crippen molar-refractivity contribution < 1.29 is 4.79 Å². The molecule has 0 spiro atoms. The molecular formula is C14H25NO. The Kier molecular flexibility index (Phi) is 4.01. The van der Waals surface area contributed by atoms with Crippen LogP contribution in [0.2, 0.25) is 0 Å². The molecule has 2 aliphatic rings. The van der Waals surface area contributed by atoms with Crippen LogP contribution in [0, 0.1) is 5.92 Å². The van der Waals surface area contributed by atoms with Crippen LogP contribution in [0.4, 0.5) is 0 Å². The van der Waals surface area contributed by atoms with Crippen LogP contribution in [-0.2, 0) is 4.79 Å². The molecule has 1 N–H and O–H groups in total. The van der Waals surface area contributed by atoms with Gasteiger partial charge in [-0.15, -0.1) is 0 Å². The van der Waals surface area contributed by atoms with E-state index in [9.17, 15) is 4.79 Å². The minimum Gasteiger partial charge on any atom is -0.305 e. The third-order valence-electron chi connectivity index (χ3n) is 4.40. The van der Waals surface area contributed by atoms with Gasteiger partial charge in [-0.3, -0.25) is 4.79 Å². The standard InChI is InChI=1S/C14H25NO/c1-2-8-14(9-5-10-15-14)13(16)11-12-6-3-4-7-12/h12,15H,2-11H2,1H3. The molecule has 0 radical (unpaired) electrons. The van der Waals surface area contributed by atoms with Crippen LogP contribution in [0.25, 0.3) is 0 Å². The lowest BCUT2D eigenvalue weighted by molar-refractivity contribution is -0.126. The molecule has 0 aromatic carbocycles. The Bertz CT molecular complexity index is 237. The molecular weight excluding hydrogens is 198 g/mol. The second-order valence-corrected chi connectivity index (χ2v) is 5.64. The fraction of sp³-hybridized carbons (Fsp3) is 0.929. The lowest BCUT2D eigenvalue weighted by Gasteiger charge is -2.28. The summed E-state index contributed by atoms with van der Waals surface area (Å²) < 4.78 is 0. The topological polar surface area (TPSA) is 29.1 Å². The number of Topliss-reactive ketones (excluding diaryl/α,β-unsaturated/α-hetero) is 1. The quantitative estimate of drug-likeness (QED) is 0.776. The van der Waals surface area contributed by atoms with Gasteiger partial charge in [-0.1, -0.05) is 39.0 Å². The lowest BCUT2D eigenvalue weighted by Crippen LogP contribution is -2.47. The molecule has 1 saturated carbocycles. The van der Waals surface area contributed by atoms with Crippen LogP contribution in [0.15, 0.2) is 0 Å². The average molecular weight is 223 g/mol. The van der Waals surface area contributed by atoms with Gasteiger partial charge in [0.1, 0.15) is 0 Å². The van der Waals surface area contributed by atoms with Crippen molar-refractivity contribution in [2.24, 2.45) is 5.92 Å². The minimum absolute atomic E-state index is 0.128. The van der Waals surface area contributed by atoms with E-state index in [2.05, 4.69) is 12.2 Å². The fourth-order valence-corrected chi connectivity index (χ4v) is 3.50. The van der Waals surface area contributed by atoms with Gasteiger partial charge in [0.25, 0.3) is 0 Å². The monoisotopic (exact) mass is 223 g/mol. The highest BCUT2D eigenvalue weighted by atomic mass is 16.1. The first-order chi connectivity index (χ1) is 7.77. The molecule has 1 aliphatic heterocycles. The van der Waals surface area contributed by atoms with Crippen molar-refractivity contribution in [3.63, 3.8) is 0 Å². The van der Waals surface area contributed by atoms with Crippen LogP contribution < -0.4 is 5.32 Å². The van der Waals surface area contributed by atoms with E-state index in [1.807, 2.05) is 0 Å². The van der Waals surface area contributed by atoms with E-state index < -0.39 is 0 Å². The van der Waals surface area contributed by atoms with Gasteiger partial charge in [0.2, 0.25) is 0 Å². The first-order valence-electron chi connectivity index (χ1n) is 7.05. The summed E-state index contributed by atoms with van der Waals surface area (Å²) in [6.45, 7) is 3.22. The van der Waals surface area contributed by atoms with Crippen LogP contribution in [0.3, 0.4) is 0 Å². The zero-order valence-electron chi connectivity index (χ0n) is 10.6. The molecule has 2 fully saturated rings. The number of hydrogen-bond acceptors (Lipinski definition) is 2. The van der Waals surface area contributed by atoms with Gasteiger partial charge < -0.3 is 5.32 Å². The molecule has 2 nitrogen and oxygen atoms in total. The third kappa shape index (κ3) is 2.48. The van der Waals surface area contributed by atoms with Crippen molar-refractivity contribution in [1.29, 1.82) is 0 Å². The molecule has 16 heavy (non-hydrogen) atoms. The van der Waals surface area contributed by atoms with Gasteiger partial charge in [0, 0.05) is 6.42 Å². The molecule has 1 saturated heterocycles. The van der Waals surface area contributed by atoms with Gasteiger partial charge >= 0.3 is 0 Å². The van der Waals surface area contributed by atoms with Crippen molar-refractivity contribution in [3.05, 3.63) is 0 Å². The first kappa shape index (κ1) is 12.1. The number of rotatable bonds is 5. The van der Waals surface area contributed by atoms with E-state index in [1.165, 1.54) is 32.1 Å². The maximum Gasteiger partial charge on any atom is 0.153 e. The summed E-state index contributed by atoms with van der Waals surface area (Å²) in [5, 5.41) is 3.50. The van der Waals surface area contributed by atoms with Gasteiger partial charge in [-0.2, -0.15) is 0 Å². The summed E-state index contributed by atoms with van der Waals surface area (Å²) in [5.41, 5.74) is -0.128. The smallest absolute Gasteiger partial charge is 0.153 e. The molecule has 0 aromatic rings. The van der Waals surface area contributed by atoms with Gasteiger partial charge in [-0.25, -0.2) is 0 Å². The normalized spacial score (nSPS) is 31.1. The first-order valence-corrected chi connectivity index (χ1v) is 7.05. The highest BCUT2D eigenvalue weighted by Crippen LogP contribution is 2.33. The second-order valence-electron chi connectivity index (χ2n) is 5.64. The zero-order valence-corrected chi connectivity index (χ0v) is 10.6.